The molecular formula is C22H26F4N2O5S2. The first-order valence-corrected chi connectivity index (χ1v) is 13.7. The molecule has 0 aromatic heterocycles. The number of sulfonamides is 1. The second kappa shape index (κ2) is 9.15. The number of carbonyl (C=O) groups is 1. The summed E-state index contributed by atoms with van der Waals surface area (Å²) < 4.78 is 85.4. The highest BCUT2D eigenvalue weighted by Crippen LogP contribution is 2.62. The largest absolute Gasteiger partial charge is 0.476 e. The van der Waals surface area contributed by atoms with Gasteiger partial charge in [0, 0.05) is 37.7 Å². The molecule has 3 fully saturated rings. The lowest BCUT2D eigenvalue weighted by atomic mass is 9.49. The van der Waals surface area contributed by atoms with E-state index in [-0.39, 0.29) is 35.6 Å². The molecule has 3 aliphatic carbocycles. The Kier molecular flexibility index (Phi) is 6.82. The van der Waals surface area contributed by atoms with Crippen LogP contribution in [0.15, 0.2) is 34.0 Å². The standard InChI is InChI=1S/C22H26F4N2O5S2/c1-27-14(4-3-5-22(24,25)26)11-28(21-8-13(9-21)10-21)16-6-18(34-2)17(7-19(16)35(27,31)32)33-12-15(23)20(29)30/h6-7,12-14H,3-5,8-11H2,1-2H3,(H,29,30)/b15-12-. The molecule has 1 aliphatic heterocycles. The van der Waals surface area contributed by atoms with Crippen molar-refractivity contribution < 1.29 is 40.6 Å². The van der Waals surface area contributed by atoms with Crippen molar-refractivity contribution in [3.8, 4) is 5.75 Å². The molecule has 194 valence electrons. The third-order valence-electron chi connectivity index (χ3n) is 7.17. The van der Waals surface area contributed by atoms with Gasteiger partial charge in [-0.25, -0.2) is 13.2 Å². The van der Waals surface area contributed by atoms with E-state index >= 15 is 0 Å². The highest BCUT2D eigenvalue weighted by Gasteiger charge is 2.61. The van der Waals surface area contributed by atoms with Gasteiger partial charge in [-0.2, -0.15) is 21.9 Å². The van der Waals surface area contributed by atoms with Gasteiger partial charge in [0.15, 0.2) is 0 Å². The van der Waals surface area contributed by atoms with Crippen molar-refractivity contribution in [1.29, 1.82) is 0 Å². The van der Waals surface area contributed by atoms with E-state index in [2.05, 4.69) is 0 Å². The first-order chi connectivity index (χ1) is 16.3. The molecule has 0 spiro atoms. The van der Waals surface area contributed by atoms with E-state index in [1.165, 1.54) is 24.9 Å². The molecule has 5 rings (SSSR count). The van der Waals surface area contributed by atoms with Crippen molar-refractivity contribution in [2.24, 2.45) is 5.92 Å². The Bertz CT molecular complexity index is 1140. The smallest absolute Gasteiger partial charge is 0.389 e. The number of ether oxygens (including phenoxy) is 1. The van der Waals surface area contributed by atoms with Crippen LogP contribution in [0, 0.1) is 5.92 Å². The van der Waals surface area contributed by atoms with Crippen LogP contribution in [0.1, 0.15) is 38.5 Å². The van der Waals surface area contributed by atoms with E-state index in [0.717, 1.165) is 23.6 Å². The molecule has 13 heteroatoms. The zero-order valence-electron chi connectivity index (χ0n) is 19.1. The second-order valence-corrected chi connectivity index (χ2v) is 12.2. The Balaban J connectivity index is 1.76. The fourth-order valence-electron chi connectivity index (χ4n) is 5.16. The van der Waals surface area contributed by atoms with E-state index in [4.69, 9.17) is 9.84 Å². The van der Waals surface area contributed by atoms with E-state index in [9.17, 15) is 30.8 Å². The minimum atomic E-state index is -4.32. The summed E-state index contributed by atoms with van der Waals surface area (Å²) in [4.78, 5) is 13.2. The zero-order valence-corrected chi connectivity index (χ0v) is 20.8. The number of likely N-dealkylation sites (N-methyl/N-ethyl adjacent to an activating group) is 1. The highest BCUT2D eigenvalue weighted by atomic mass is 32.2. The van der Waals surface area contributed by atoms with Gasteiger partial charge in [0.2, 0.25) is 15.9 Å². The first-order valence-electron chi connectivity index (χ1n) is 11.1. The maximum absolute atomic E-state index is 13.6. The number of anilines is 1. The number of rotatable bonds is 8. The van der Waals surface area contributed by atoms with Gasteiger partial charge in [-0.05, 0) is 50.3 Å². The SMILES string of the molecule is CSc1cc2c(cc1O/C=C(\F)C(=O)O)S(=O)(=O)N(C)C(CCCC(F)(F)F)CN2C12CC(C1)C2. The molecule has 7 nitrogen and oxygen atoms in total. The molecule has 1 unspecified atom stereocenters. The summed E-state index contributed by atoms with van der Waals surface area (Å²) in [7, 11) is -2.79. The molecule has 3 saturated carbocycles. The van der Waals surface area contributed by atoms with Gasteiger partial charge >= 0.3 is 12.1 Å². The molecule has 0 saturated heterocycles. The number of hydrogen-bond donors (Lipinski definition) is 1. The number of carboxylic acid groups (broad SMARTS) is 1. The summed E-state index contributed by atoms with van der Waals surface area (Å²) in [6.45, 7) is 0.259. The highest BCUT2D eigenvalue weighted by molar-refractivity contribution is 7.98. The third-order valence-corrected chi connectivity index (χ3v) is 9.87. The van der Waals surface area contributed by atoms with Crippen molar-refractivity contribution in [1.82, 2.24) is 4.31 Å². The molecule has 2 bridgehead atoms. The summed E-state index contributed by atoms with van der Waals surface area (Å²) in [5.74, 6) is -2.83. The normalized spacial score (nSPS) is 27.9. The first kappa shape index (κ1) is 26.1. The lowest BCUT2D eigenvalue weighted by Gasteiger charge is -2.67. The molecule has 1 aromatic carbocycles. The Labute approximate surface area is 205 Å². The molecule has 1 heterocycles. The number of hydrogen-bond acceptors (Lipinski definition) is 6. The van der Waals surface area contributed by atoms with Crippen LogP contribution >= 0.6 is 11.8 Å². The van der Waals surface area contributed by atoms with Crippen molar-refractivity contribution in [2.75, 3.05) is 24.7 Å². The Morgan fingerprint density at radius 3 is 2.49 bits per heavy atom. The molecule has 0 amide bonds. The van der Waals surface area contributed by atoms with Crippen LogP contribution in [0.2, 0.25) is 0 Å². The van der Waals surface area contributed by atoms with Crippen LogP contribution in [0.5, 0.6) is 5.75 Å². The van der Waals surface area contributed by atoms with Crippen molar-refractivity contribution in [3.05, 3.63) is 24.2 Å². The molecule has 1 atom stereocenters. The van der Waals surface area contributed by atoms with E-state index in [1.54, 1.807) is 12.3 Å². The van der Waals surface area contributed by atoms with Crippen molar-refractivity contribution >= 4 is 33.4 Å². The number of nitrogens with zero attached hydrogens (tertiary/aromatic N) is 2. The van der Waals surface area contributed by atoms with Crippen LogP contribution in [0.25, 0.3) is 0 Å². The average molecular weight is 539 g/mol. The minimum Gasteiger partial charge on any atom is -0.476 e. The Morgan fingerprint density at radius 1 is 1.31 bits per heavy atom. The van der Waals surface area contributed by atoms with Gasteiger partial charge in [0.05, 0.1) is 10.6 Å². The summed E-state index contributed by atoms with van der Waals surface area (Å²) in [5, 5.41) is 8.74. The summed E-state index contributed by atoms with van der Waals surface area (Å²) in [5.41, 5.74) is 0.211. The van der Waals surface area contributed by atoms with E-state index in [1.807, 2.05) is 4.90 Å². The number of aliphatic carboxylic acids is 1. The number of alkyl halides is 3. The quantitative estimate of drug-likeness (QED) is 0.221. The van der Waals surface area contributed by atoms with Crippen LogP contribution in [-0.2, 0) is 14.8 Å². The Hall–Kier alpha value is -1.99. The molecular weight excluding hydrogens is 512 g/mol. The Morgan fingerprint density at radius 2 is 1.97 bits per heavy atom. The number of thioether (sulfide) groups is 1. The van der Waals surface area contributed by atoms with Crippen LogP contribution in [-0.4, -0.2) is 61.4 Å². The fraction of sp³-hybridized carbons (Fsp3) is 0.591. The van der Waals surface area contributed by atoms with Gasteiger partial charge in [-0.3, -0.25) is 0 Å². The van der Waals surface area contributed by atoms with Gasteiger partial charge < -0.3 is 14.7 Å². The average Bonchev–Trinajstić information content (AvgIpc) is 2.77. The van der Waals surface area contributed by atoms with Gasteiger partial charge in [-0.1, -0.05) is 0 Å². The molecule has 4 aliphatic rings. The summed E-state index contributed by atoms with van der Waals surface area (Å²) >= 11 is 1.22. The maximum atomic E-state index is 13.6. The number of carboxylic acids is 1. The van der Waals surface area contributed by atoms with E-state index < -0.39 is 40.5 Å². The second-order valence-electron chi connectivity index (χ2n) is 9.36. The predicted molar refractivity (Wildman–Crippen MR) is 122 cm³/mol. The van der Waals surface area contributed by atoms with Crippen LogP contribution in [0.4, 0.5) is 23.2 Å². The summed E-state index contributed by atoms with van der Waals surface area (Å²) in [6.07, 6.45) is -0.669. The summed E-state index contributed by atoms with van der Waals surface area (Å²) in [6, 6.07) is 2.20. The van der Waals surface area contributed by atoms with Crippen molar-refractivity contribution in [3.63, 3.8) is 0 Å². The topological polar surface area (TPSA) is 87.1 Å². The van der Waals surface area contributed by atoms with Gasteiger partial charge in [0.25, 0.3) is 0 Å². The third kappa shape index (κ3) is 4.86. The minimum absolute atomic E-state index is 0.0299. The predicted octanol–water partition coefficient (Wildman–Crippen LogP) is 4.78. The molecule has 1 aromatic rings. The number of fused-ring (bicyclic) bond motifs is 1. The fourth-order valence-corrected chi connectivity index (χ4v) is 7.27. The van der Waals surface area contributed by atoms with Gasteiger partial charge in [-0.15, -0.1) is 11.8 Å². The number of halogens is 4. The van der Waals surface area contributed by atoms with Crippen LogP contribution < -0.4 is 9.64 Å². The molecule has 35 heavy (non-hydrogen) atoms. The van der Waals surface area contributed by atoms with Crippen molar-refractivity contribution in [2.45, 2.75) is 66.1 Å². The molecule has 1 N–H and O–H groups in total. The lowest BCUT2D eigenvalue weighted by molar-refractivity contribution is -0.136. The maximum Gasteiger partial charge on any atom is 0.389 e. The van der Waals surface area contributed by atoms with Crippen LogP contribution in [0.3, 0.4) is 0 Å². The van der Waals surface area contributed by atoms with Gasteiger partial charge in [0.1, 0.15) is 16.9 Å². The van der Waals surface area contributed by atoms with E-state index in [0.29, 0.717) is 22.8 Å². The lowest BCUT2D eigenvalue weighted by Crippen LogP contribution is -2.69. The molecule has 0 radical (unpaired) electrons. The number of benzene rings is 1. The monoisotopic (exact) mass is 538 g/mol. The zero-order chi connectivity index (χ0) is 25.8.